The highest BCUT2D eigenvalue weighted by atomic mass is 16.4. The van der Waals surface area contributed by atoms with Crippen LogP contribution in [-0.4, -0.2) is 11.9 Å². The number of hydrogen-bond acceptors (Lipinski definition) is 6. The van der Waals surface area contributed by atoms with Gasteiger partial charge in [-0.2, -0.15) is 0 Å². The van der Waals surface area contributed by atoms with Gasteiger partial charge in [0.1, 0.15) is 0 Å². The van der Waals surface area contributed by atoms with Crippen LogP contribution in [-0.2, 0) is 0 Å². The minimum absolute atomic E-state index is 0.284. The lowest BCUT2D eigenvalue weighted by atomic mass is 10.00. The van der Waals surface area contributed by atoms with E-state index in [1.165, 1.54) is 12.1 Å². The Morgan fingerprint density at radius 1 is 0.700 bits per heavy atom. The van der Waals surface area contributed by atoms with E-state index >= 15 is 0 Å². The smallest absolute Gasteiger partial charge is 0.0709 e. The van der Waals surface area contributed by atoms with E-state index < -0.39 is 34.6 Å². The van der Waals surface area contributed by atoms with Crippen molar-refractivity contribution in [1.29, 1.82) is 0 Å². The molecule has 0 heterocycles. The Kier molecular flexibility index (Phi) is 3.30. The van der Waals surface area contributed by atoms with Crippen LogP contribution >= 0.6 is 0 Å². The lowest BCUT2D eigenvalue weighted by Crippen LogP contribution is -2.24. The first-order valence-electron chi connectivity index (χ1n) is 5.45. The summed E-state index contributed by atoms with van der Waals surface area (Å²) in [5.74, 6) is -4.68. The summed E-state index contributed by atoms with van der Waals surface area (Å²) in [5, 5.41) is 44.1. The van der Waals surface area contributed by atoms with Gasteiger partial charge in [0.15, 0.2) is 0 Å². The van der Waals surface area contributed by atoms with Gasteiger partial charge in [0.2, 0.25) is 0 Å². The van der Waals surface area contributed by atoms with Crippen molar-refractivity contribution in [3.8, 4) is 22.6 Å². The SMILES string of the molecule is O=C([O-])c1cc(-c2ccc([O-])c(C(=O)[O-])c2)ccc1[O-]. The summed E-state index contributed by atoms with van der Waals surface area (Å²) in [4.78, 5) is 21.5. The Morgan fingerprint density at radius 2 is 1.05 bits per heavy atom. The molecule has 0 aliphatic rings. The Hall–Kier alpha value is -3.02. The van der Waals surface area contributed by atoms with Crippen LogP contribution in [0.4, 0.5) is 0 Å². The fourth-order valence-electron chi connectivity index (χ4n) is 1.74. The third-order valence-electron chi connectivity index (χ3n) is 2.73. The van der Waals surface area contributed by atoms with Gasteiger partial charge >= 0.3 is 0 Å². The van der Waals surface area contributed by atoms with Gasteiger partial charge in [-0.3, -0.25) is 0 Å². The zero-order valence-corrected chi connectivity index (χ0v) is 9.91. The summed E-state index contributed by atoms with van der Waals surface area (Å²) in [5.41, 5.74) is -0.509. The van der Waals surface area contributed by atoms with Gasteiger partial charge in [0.25, 0.3) is 0 Å². The lowest BCUT2D eigenvalue weighted by Gasteiger charge is -2.18. The number of carboxylic acid groups (broad SMARTS) is 2. The van der Waals surface area contributed by atoms with Crippen LogP contribution in [0.5, 0.6) is 11.5 Å². The number of carboxylic acids is 2. The van der Waals surface area contributed by atoms with Crippen molar-refractivity contribution in [2.24, 2.45) is 0 Å². The Balaban J connectivity index is 2.57. The summed E-state index contributed by atoms with van der Waals surface area (Å²) >= 11 is 0. The standard InChI is InChI=1S/C14H10O6/c15-11-3-1-7(5-9(11)13(17)18)8-2-4-12(16)10(6-8)14(19)20/h1-6,15-16H,(H,17,18)(H,19,20)/p-4. The first kappa shape index (κ1) is 13.4. The van der Waals surface area contributed by atoms with Crippen LogP contribution in [0.25, 0.3) is 11.1 Å². The molecule has 102 valence electrons. The van der Waals surface area contributed by atoms with Gasteiger partial charge in [0, 0.05) is 0 Å². The predicted molar refractivity (Wildman–Crippen MR) is 59.4 cm³/mol. The zero-order chi connectivity index (χ0) is 14.9. The molecule has 0 aliphatic heterocycles. The van der Waals surface area contributed by atoms with Crippen molar-refractivity contribution >= 4 is 11.9 Å². The minimum atomic E-state index is -1.63. The molecule has 0 N–H and O–H groups in total. The number of carbonyl (C=O) groups excluding carboxylic acids is 2. The second kappa shape index (κ2) is 4.93. The Labute approximate surface area is 113 Å². The van der Waals surface area contributed by atoms with E-state index in [1.807, 2.05) is 0 Å². The number of rotatable bonds is 3. The predicted octanol–water partition coefficient (Wildman–Crippen LogP) is -1.77. The van der Waals surface area contributed by atoms with Crippen LogP contribution in [0.1, 0.15) is 20.7 Å². The summed E-state index contributed by atoms with van der Waals surface area (Å²) in [6.45, 7) is 0. The van der Waals surface area contributed by atoms with Crippen LogP contribution in [0, 0.1) is 0 Å². The van der Waals surface area contributed by atoms with E-state index in [0.717, 1.165) is 24.3 Å². The van der Waals surface area contributed by atoms with Crippen molar-refractivity contribution in [2.45, 2.75) is 0 Å². The molecule has 6 heteroatoms. The maximum Gasteiger partial charge on any atom is 0.0709 e. The summed E-state index contributed by atoms with van der Waals surface area (Å²) in [6, 6.07) is 6.85. The first-order chi connectivity index (χ1) is 9.40. The van der Waals surface area contributed by atoms with E-state index in [2.05, 4.69) is 0 Å². The molecule has 0 atom stereocenters. The largest absolute Gasteiger partial charge is 0.872 e. The maximum absolute atomic E-state index is 11.3. The van der Waals surface area contributed by atoms with Crippen LogP contribution in [0.2, 0.25) is 0 Å². The molecular formula is C14H6O6-4. The highest BCUT2D eigenvalue weighted by Gasteiger charge is 2.04. The Bertz CT molecular complexity index is 643. The molecule has 0 amide bonds. The first-order valence-corrected chi connectivity index (χ1v) is 5.45. The molecule has 0 radical (unpaired) electrons. The molecule has 0 unspecified atom stereocenters. The van der Waals surface area contributed by atoms with Crippen molar-refractivity contribution in [3.05, 3.63) is 47.5 Å². The summed E-state index contributed by atoms with van der Waals surface area (Å²) in [6.07, 6.45) is 0. The van der Waals surface area contributed by atoms with Crippen molar-refractivity contribution in [3.63, 3.8) is 0 Å². The number of hydrogen-bond donors (Lipinski definition) is 0. The number of aromatic carboxylic acids is 2. The van der Waals surface area contributed by atoms with E-state index in [1.54, 1.807) is 0 Å². The molecule has 0 aliphatic carbocycles. The second-order valence-electron chi connectivity index (χ2n) is 4.00. The van der Waals surface area contributed by atoms with Crippen molar-refractivity contribution in [2.75, 3.05) is 0 Å². The molecule has 2 aromatic carbocycles. The molecule has 0 fully saturated rings. The second-order valence-corrected chi connectivity index (χ2v) is 4.00. The van der Waals surface area contributed by atoms with E-state index in [0.29, 0.717) is 0 Å². The van der Waals surface area contributed by atoms with Crippen LogP contribution < -0.4 is 20.4 Å². The molecule has 0 bridgehead atoms. The van der Waals surface area contributed by atoms with E-state index in [9.17, 15) is 30.0 Å². The van der Waals surface area contributed by atoms with Gasteiger partial charge in [0.05, 0.1) is 11.9 Å². The monoisotopic (exact) mass is 270 g/mol. The van der Waals surface area contributed by atoms with Gasteiger partial charge in [-0.25, -0.2) is 0 Å². The van der Waals surface area contributed by atoms with Gasteiger partial charge in [-0.05, 0) is 34.4 Å². The molecule has 6 nitrogen and oxygen atoms in total. The minimum Gasteiger partial charge on any atom is -0.872 e. The fourth-order valence-corrected chi connectivity index (χ4v) is 1.74. The normalized spacial score (nSPS) is 10.2. The number of carbonyl (C=O) groups is 2. The third kappa shape index (κ3) is 2.39. The van der Waals surface area contributed by atoms with E-state index in [4.69, 9.17) is 0 Å². The van der Waals surface area contributed by atoms with E-state index in [-0.39, 0.29) is 11.1 Å². The molecule has 20 heavy (non-hydrogen) atoms. The third-order valence-corrected chi connectivity index (χ3v) is 2.73. The van der Waals surface area contributed by atoms with Crippen LogP contribution in [0.15, 0.2) is 36.4 Å². The molecule has 0 spiro atoms. The van der Waals surface area contributed by atoms with Gasteiger partial charge < -0.3 is 30.0 Å². The zero-order valence-electron chi connectivity index (χ0n) is 9.91. The van der Waals surface area contributed by atoms with Crippen molar-refractivity contribution in [1.82, 2.24) is 0 Å². The average molecular weight is 270 g/mol. The van der Waals surface area contributed by atoms with Crippen molar-refractivity contribution < 1.29 is 30.0 Å². The highest BCUT2D eigenvalue weighted by Crippen LogP contribution is 2.27. The molecule has 2 aromatic rings. The van der Waals surface area contributed by atoms with Gasteiger partial charge in [-0.15, -0.1) is 0 Å². The van der Waals surface area contributed by atoms with Crippen LogP contribution in [0.3, 0.4) is 0 Å². The fraction of sp³-hybridized carbons (Fsp3) is 0. The molecule has 0 aromatic heterocycles. The summed E-state index contributed by atoms with van der Waals surface area (Å²) in [7, 11) is 0. The molecular weight excluding hydrogens is 264 g/mol. The molecule has 0 saturated heterocycles. The highest BCUT2D eigenvalue weighted by molar-refractivity contribution is 5.93. The van der Waals surface area contributed by atoms with Gasteiger partial charge in [-0.1, -0.05) is 35.8 Å². The molecule has 0 saturated carbocycles. The quantitative estimate of drug-likeness (QED) is 0.649. The lowest BCUT2D eigenvalue weighted by molar-refractivity contribution is -0.277. The number of benzene rings is 2. The molecule has 2 rings (SSSR count). The average Bonchev–Trinajstić information content (AvgIpc) is 2.39. The summed E-state index contributed by atoms with van der Waals surface area (Å²) < 4.78 is 0. The topological polar surface area (TPSA) is 126 Å². The maximum atomic E-state index is 11.3. The Morgan fingerprint density at radius 3 is 1.35 bits per heavy atom.